The van der Waals surface area contributed by atoms with Crippen LogP contribution in [0.1, 0.15) is 46.5 Å². The zero-order valence-electron chi connectivity index (χ0n) is 15.8. The zero-order valence-corrected chi connectivity index (χ0v) is 15.8. The van der Waals surface area contributed by atoms with Crippen LogP contribution < -0.4 is 0 Å². The number of Topliss-reactive ketones (excluding diaryl/α,β-unsaturated/α-hetero) is 2. The van der Waals surface area contributed by atoms with Gasteiger partial charge in [-0.05, 0) is 54.6 Å². The molecule has 4 nitrogen and oxygen atoms in total. The first-order valence-corrected chi connectivity index (χ1v) is 9.83. The maximum absolute atomic E-state index is 13.4. The fourth-order valence-corrected chi connectivity index (χ4v) is 7.18. The number of rotatable bonds is 2. The molecule has 7 atom stereocenters. The van der Waals surface area contributed by atoms with Crippen LogP contribution in [-0.2, 0) is 14.4 Å². The van der Waals surface area contributed by atoms with Gasteiger partial charge in [0.1, 0.15) is 12.4 Å². The van der Waals surface area contributed by atoms with E-state index in [4.69, 9.17) is 0 Å². The van der Waals surface area contributed by atoms with E-state index in [9.17, 15) is 19.5 Å². The molecule has 1 N–H and O–H groups in total. The third-order valence-corrected chi connectivity index (χ3v) is 8.10. The lowest BCUT2D eigenvalue weighted by atomic mass is 9.47. The summed E-state index contributed by atoms with van der Waals surface area (Å²) in [7, 11) is 0. The van der Waals surface area contributed by atoms with Crippen LogP contribution in [0.4, 0.5) is 0 Å². The molecule has 7 unspecified atom stereocenters. The summed E-state index contributed by atoms with van der Waals surface area (Å²) in [6.45, 7) is 5.86. The number of aliphatic hydroxyl groups is 1. The summed E-state index contributed by atoms with van der Waals surface area (Å²) in [5.74, 6) is 0.586. The van der Waals surface area contributed by atoms with Gasteiger partial charge >= 0.3 is 0 Å². The SMILES string of the molecule is CC1CC2C3CCC4=CC(=O)C=CC4(C)C3C(=O)CC2(C)C1C(=O)CO. The lowest BCUT2D eigenvalue weighted by molar-refractivity contribution is -0.146. The zero-order chi connectivity index (χ0) is 18.9. The van der Waals surface area contributed by atoms with Gasteiger partial charge in [-0.25, -0.2) is 0 Å². The van der Waals surface area contributed by atoms with Crippen LogP contribution in [0.5, 0.6) is 0 Å². The van der Waals surface area contributed by atoms with Crippen molar-refractivity contribution in [3.8, 4) is 0 Å². The minimum atomic E-state index is -0.435. The van der Waals surface area contributed by atoms with Gasteiger partial charge in [0.25, 0.3) is 0 Å². The summed E-state index contributed by atoms with van der Waals surface area (Å²) in [6.07, 6.45) is 8.40. The third kappa shape index (κ3) is 2.20. The van der Waals surface area contributed by atoms with Crippen molar-refractivity contribution >= 4 is 17.3 Å². The molecule has 3 fully saturated rings. The maximum atomic E-state index is 13.4. The summed E-state index contributed by atoms with van der Waals surface area (Å²) in [5, 5.41) is 9.45. The van der Waals surface area contributed by atoms with E-state index in [1.807, 2.05) is 6.08 Å². The Labute approximate surface area is 154 Å². The Morgan fingerprint density at radius 2 is 2.04 bits per heavy atom. The Morgan fingerprint density at radius 3 is 2.73 bits per heavy atom. The molecular formula is C22H28O4. The molecule has 4 aliphatic carbocycles. The molecule has 0 radical (unpaired) electrons. The van der Waals surface area contributed by atoms with E-state index in [1.54, 1.807) is 12.2 Å². The average Bonchev–Trinajstić information content (AvgIpc) is 2.84. The minimum Gasteiger partial charge on any atom is -0.389 e. The lowest BCUT2D eigenvalue weighted by Gasteiger charge is -2.55. The molecule has 0 bridgehead atoms. The van der Waals surface area contributed by atoms with Crippen LogP contribution in [0, 0.1) is 40.4 Å². The van der Waals surface area contributed by atoms with E-state index in [0.29, 0.717) is 12.3 Å². The lowest BCUT2D eigenvalue weighted by Crippen LogP contribution is -2.55. The average molecular weight is 356 g/mol. The Kier molecular flexibility index (Phi) is 3.93. The molecule has 3 saturated carbocycles. The van der Waals surface area contributed by atoms with Crippen LogP contribution in [0.3, 0.4) is 0 Å². The van der Waals surface area contributed by atoms with Crippen LogP contribution in [0.15, 0.2) is 23.8 Å². The quantitative estimate of drug-likeness (QED) is 0.826. The molecule has 140 valence electrons. The van der Waals surface area contributed by atoms with Crippen molar-refractivity contribution in [2.75, 3.05) is 6.61 Å². The van der Waals surface area contributed by atoms with E-state index in [-0.39, 0.29) is 51.9 Å². The highest BCUT2D eigenvalue weighted by molar-refractivity contribution is 6.01. The summed E-state index contributed by atoms with van der Waals surface area (Å²) < 4.78 is 0. The van der Waals surface area contributed by atoms with Crippen LogP contribution in [0.2, 0.25) is 0 Å². The number of carbonyl (C=O) groups is 3. The number of hydrogen-bond donors (Lipinski definition) is 1. The predicted octanol–water partition coefficient (Wildman–Crippen LogP) is 2.90. The third-order valence-electron chi connectivity index (χ3n) is 8.10. The number of aliphatic hydroxyl groups excluding tert-OH is 1. The standard InChI is InChI=1S/C22H28O4/c1-12-8-16-15-5-4-13-9-14(24)6-7-21(13,2)20(15)17(25)10-22(16,3)19(12)18(26)11-23/h6-7,9,12,15-16,19-20,23H,4-5,8,10-11H2,1-3H3. The smallest absolute Gasteiger partial charge is 0.178 e. The fraction of sp³-hybridized carbons (Fsp3) is 0.682. The van der Waals surface area contributed by atoms with Crippen molar-refractivity contribution in [3.05, 3.63) is 23.8 Å². The van der Waals surface area contributed by atoms with Gasteiger partial charge in [0.15, 0.2) is 11.6 Å². The van der Waals surface area contributed by atoms with Gasteiger partial charge < -0.3 is 5.11 Å². The van der Waals surface area contributed by atoms with Crippen molar-refractivity contribution < 1.29 is 19.5 Å². The fourth-order valence-electron chi connectivity index (χ4n) is 7.18. The summed E-state index contributed by atoms with van der Waals surface area (Å²) in [5.41, 5.74) is 0.387. The molecule has 0 aromatic heterocycles. The largest absolute Gasteiger partial charge is 0.389 e. The van der Waals surface area contributed by atoms with Crippen LogP contribution in [0.25, 0.3) is 0 Å². The Morgan fingerprint density at radius 1 is 1.31 bits per heavy atom. The highest BCUT2D eigenvalue weighted by Crippen LogP contribution is 2.66. The molecule has 0 spiro atoms. The number of fused-ring (bicyclic) bond motifs is 5. The second-order valence-electron chi connectivity index (χ2n) is 9.44. The van der Waals surface area contributed by atoms with Crippen molar-refractivity contribution in [2.24, 2.45) is 40.4 Å². The van der Waals surface area contributed by atoms with E-state index in [1.165, 1.54) is 0 Å². The highest BCUT2D eigenvalue weighted by atomic mass is 16.3. The van der Waals surface area contributed by atoms with Gasteiger partial charge in [-0.3, -0.25) is 14.4 Å². The van der Waals surface area contributed by atoms with Gasteiger partial charge in [-0.15, -0.1) is 0 Å². The molecule has 0 aromatic rings. The number of allylic oxidation sites excluding steroid dienone is 4. The molecular weight excluding hydrogens is 328 g/mol. The normalized spacial score (nSPS) is 47.1. The first-order chi connectivity index (χ1) is 12.2. The number of carbonyl (C=O) groups excluding carboxylic acids is 3. The monoisotopic (exact) mass is 356 g/mol. The first-order valence-electron chi connectivity index (χ1n) is 9.83. The summed E-state index contributed by atoms with van der Waals surface area (Å²) >= 11 is 0. The van der Waals surface area contributed by atoms with Crippen molar-refractivity contribution in [2.45, 2.75) is 46.5 Å². The van der Waals surface area contributed by atoms with Gasteiger partial charge in [0.2, 0.25) is 0 Å². The Hall–Kier alpha value is -1.55. The Bertz CT molecular complexity index is 747. The van der Waals surface area contributed by atoms with Gasteiger partial charge in [-0.2, -0.15) is 0 Å². The minimum absolute atomic E-state index is 0.0205. The number of ketones is 3. The molecule has 0 saturated heterocycles. The molecule has 4 heteroatoms. The molecule has 26 heavy (non-hydrogen) atoms. The van der Waals surface area contributed by atoms with Crippen LogP contribution in [-0.4, -0.2) is 29.1 Å². The van der Waals surface area contributed by atoms with Crippen molar-refractivity contribution in [1.82, 2.24) is 0 Å². The first kappa shape index (κ1) is 17.8. The second kappa shape index (κ2) is 5.72. The van der Waals surface area contributed by atoms with E-state index in [0.717, 1.165) is 24.8 Å². The summed E-state index contributed by atoms with van der Waals surface area (Å²) in [4.78, 5) is 37.6. The number of hydrogen-bond acceptors (Lipinski definition) is 4. The van der Waals surface area contributed by atoms with Gasteiger partial charge in [0.05, 0.1) is 0 Å². The molecule has 0 aliphatic heterocycles. The van der Waals surface area contributed by atoms with Crippen molar-refractivity contribution in [1.29, 1.82) is 0 Å². The van der Waals surface area contributed by atoms with E-state index >= 15 is 0 Å². The van der Waals surface area contributed by atoms with Crippen LogP contribution >= 0.6 is 0 Å². The maximum Gasteiger partial charge on any atom is 0.178 e. The topological polar surface area (TPSA) is 71.4 Å². The van der Waals surface area contributed by atoms with E-state index < -0.39 is 6.61 Å². The van der Waals surface area contributed by atoms with Crippen molar-refractivity contribution in [3.63, 3.8) is 0 Å². The molecule has 0 amide bonds. The second-order valence-corrected chi connectivity index (χ2v) is 9.44. The van der Waals surface area contributed by atoms with Gasteiger partial charge in [-0.1, -0.05) is 32.4 Å². The molecule has 0 heterocycles. The molecule has 4 rings (SSSR count). The summed E-state index contributed by atoms with van der Waals surface area (Å²) in [6, 6.07) is 0. The molecule has 4 aliphatic rings. The highest BCUT2D eigenvalue weighted by Gasteiger charge is 2.64. The predicted molar refractivity (Wildman–Crippen MR) is 97.1 cm³/mol. The van der Waals surface area contributed by atoms with Gasteiger partial charge in [0, 0.05) is 23.7 Å². The Balaban J connectivity index is 1.75. The molecule has 0 aromatic carbocycles. The van der Waals surface area contributed by atoms with E-state index in [2.05, 4.69) is 20.8 Å².